The molecule has 3 aliphatic rings. The molecule has 1 aromatic heterocycles. The summed E-state index contributed by atoms with van der Waals surface area (Å²) in [5.74, 6) is -1.55. The van der Waals surface area contributed by atoms with Crippen LogP contribution in [0, 0.1) is 5.92 Å². The highest BCUT2D eigenvalue weighted by atomic mass is 19.4. The predicted molar refractivity (Wildman–Crippen MR) is 129 cm³/mol. The summed E-state index contributed by atoms with van der Waals surface area (Å²) in [6, 6.07) is 5.59. The lowest BCUT2D eigenvalue weighted by atomic mass is 9.98. The number of carbonyl (C=O) groups excluding carboxylic acids is 1. The fourth-order valence-corrected chi connectivity index (χ4v) is 5.36. The maximum atomic E-state index is 13.1. The second-order valence-corrected chi connectivity index (χ2v) is 9.84. The number of fused-ring (bicyclic) bond motifs is 2. The lowest BCUT2D eigenvalue weighted by molar-refractivity contribution is -0.274. The van der Waals surface area contributed by atoms with Crippen molar-refractivity contribution in [3.05, 3.63) is 53.5 Å². The zero-order chi connectivity index (χ0) is 27.0. The number of nitrogens with zero attached hydrogens (tertiary/aromatic N) is 3. The van der Waals surface area contributed by atoms with Crippen LogP contribution in [-0.4, -0.2) is 58.0 Å². The number of aromatic carboxylic acids is 1. The van der Waals surface area contributed by atoms with Crippen LogP contribution in [0.5, 0.6) is 5.75 Å². The monoisotopic (exact) mass is 532 g/mol. The molecule has 3 heterocycles. The summed E-state index contributed by atoms with van der Waals surface area (Å²) in [5.41, 5.74) is 6.24. The molecule has 0 amide bonds. The number of hydrogen-bond donors (Lipinski definition) is 2. The number of para-hydroxylation sites is 1. The van der Waals surface area contributed by atoms with Gasteiger partial charge in [0.1, 0.15) is 11.6 Å². The number of benzene rings is 1. The molecular weight excluding hydrogens is 505 g/mol. The molecular formula is C26H27F3N4O5. The number of hydrogen-bond acceptors (Lipinski definition) is 8. The third-order valence-corrected chi connectivity index (χ3v) is 7.23. The number of nitrogens with two attached hydrogens (primary N) is 1. The Balaban J connectivity index is 1.33. The van der Waals surface area contributed by atoms with Crippen LogP contribution in [0.25, 0.3) is 5.70 Å². The molecule has 12 heteroatoms. The van der Waals surface area contributed by atoms with Crippen LogP contribution < -0.4 is 15.4 Å². The smallest absolute Gasteiger partial charge is 0.476 e. The Labute approximate surface area is 216 Å². The van der Waals surface area contributed by atoms with Gasteiger partial charge in [0.15, 0.2) is 11.5 Å². The first kappa shape index (κ1) is 26.0. The molecule has 0 radical (unpaired) electrons. The Bertz CT molecular complexity index is 1250. The van der Waals surface area contributed by atoms with E-state index in [4.69, 9.17) is 10.5 Å². The van der Waals surface area contributed by atoms with Crippen molar-refractivity contribution in [3.63, 3.8) is 0 Å². The second-order valence-electron chi connectivity index (χ2n) is 9.84. The maximum Gasteiger partial charge on any atom is 0.573 e. The topological polar surface area (TPSA) is 128 Å². The predicted octanol–water partition coefficient (Wildman–Crippen LogP) is 3.94. The molecule has 9 nitrogen and oxygen atoms in total. The van der Waals surface area contributed by atoms with Gasteiger partial charge >= 0.3 is 12.3 Å². The highest BCUT2D eigenvalue weighted by Gasteiger charge is 2.43. The highest BCUT2D eigenvalue weighted by molar-refractivity contribution is 6.05. The van der Waals surface area contributed by atoms with Crippen LogP contribution in [0.1, 0.15) is 54.6 Å². The number of piperidine rings is 1. The molecule has 2 bridgehead atoms. The third-order valence-electron chi connectivity index (χ3n) is 7.23. The normalized spacial score (nSPS) is 23.7. The Morgan fingerprint density at radius 3 is 2.39 bits per heavy atom. The summed E-state index contributed by atoms with van der Waals surface area (Å²) in [4.78, 5) is 34.8. The molecule has 2 saturated heterocycles. The van der Waals surface area contributed by atoms with E-state index in [0.717, 1.165) is 18.9 Å². The summed E-state index contributed by atoms with van der Waals surface area (Å²) in [6.07, 6.45) is 2.03. The van der Waals surface area contributed by atoms with Crippen molar-refractivity contribution < 1.29 is 37.3 Å². The van der Waals surface area contributed by atoms with Crippen LogP contribution in [-0.2, 0) is 9.53 Å². The summed E-state index contributed by atoms with van der Waals surface area (Å²) in [6.45, 7) is -0.125. The average molecular weight is 533 g/mol. The van der Waals surface area contributed by atoms with E-state index in [-0.39, 0.29) is 59.0 Å². The zero-order valence-electron chi connectivity index (χ0n) is 20.4. The molecule has 2 aliphatic heterocycles. The summed E-state index contributed by atoms with van der Waals surface area (Å²) in [5, 5.41) is 9.26. The molecule has 1 saturated carbocycles. The quantitative estimate of drug-likeness (QED) is 0.462. The number of carboxylic acid groups (broad SMARTS) is 1. The standard InChI is InChI=1S/C26H27F3N4O5/c27-26(28,29)38-21-4-2-1-3-18(21)23(30)19(24(34)14-5-6-14)13-37-17-9-15-7-8-16(10-17)33(15)22-12-31-11-20(32-22)25(35)36/h1-4,11-12,14-17H,5-10,13,30H2,(H,35,36)/t15-,16?,17?/m0/s1. The molecule has 1 aliphatic carbocycles. The minimum absolute atomic E-state index is 0.01000. The van der Waals surface area contributed by atoms with Crippen LogP contribution in [0.3, 0.4) is 0 Å². The summed E-state index contributed by atoms with van der Waals surface area (Å²) >= 11 is 0. The number of carbonyl (C=O) groups is 2. The van der Waals surface area contributed by atoms with E-state index in [0.29, 0.717) is 31.5 Å². The van der Waals surface area contributed by atoms with Gasteiger partial charge in [-0.3, -0.25) is 9.78 Å². The number of anilines is 1. The second kappa shape index (κ2) is 10.2. The molecule has 2 aromatic rings. The number of Topliss-reactive ketones (excluding diaryl/α,β-unsaturated/α-hetero) is 1. The van der Waals surface area contributed by atoms with Gasteiger partial charge in [-0.1, -0.05) is 12.1 Å². The van der Waals surface area contributed by atoms with Crippen LogP contribution >= 0.6 is 0 Å². The van der Waals surface area contributed by atoms with Crippen molar-refractivity contribution in [2.75, 3.05) is 11.5 Å². The van der Waals surface area contributed by atoms with E-state index in [1.165, 1.54) is 24.4 Å². The summed E-state index contributed by atoms with van der Waals surface area (Å²) < 4.78 is 49.2. The van der Waals surface area contributed by atoms with Gasteiger partial charge in [0, 0.05) is 29.1 Å². The number of aromatic nitrogens is 2. The van der Waals surface area contributed by atoms with Crippen molar-refractivity contribution >= 4 is 23.3 Å². The first-order chi connectivity index (χ1) is 18.1. The first-order valence-corrected chi connectivity index (χ1v) is 12.4. The molecule has 3 atom stereocenters. The third kappa shape index (κ3) is 5.59. The molecule has 0 spiro atoms. The highest BCUT2D eigenvalue weighted by Crippen LogP contribution is 2.40. The largest absolute Gasteiger partial charge is 0.573 e. The fraction of sp³-hybridized carbons (Fsp3) is 0.462. The van der Waals surface area contributed by atoms with Crippen LogP contribution in [0.4, 0.5) is 19.0 Å². The molecule has 1 aromatic carbocycles. The average Bonchev–Trinajstić information content (AvgIpc) is 3.68. The van der Waals surface area contributed by atoms with Crippen molar-refractivity contribution in [1.29, 1.82) is 0 Å². The zero-order valence-corrected chi connectivity index (χ0v) is 20.4. The van der Waals surface area contributed by atoms with Gasteiger partial charge in [0.05, 0.1) is 30.8 Å². The molecule has 38 heavy (non-hydrogen) atoms. The SMILES string of the molecule is NC(=C(COC1CC2CC[C@@H](C1)N2c1cncc(C(=O)O)n1)C(=O)C1CC1)c1ccccc1OC(F)(F)F. The van der Waals surface area contributed by atoms with E-state index >= 15 is 0 Å². The van der Waals surface area contributed by atoms with Crippen molar-refractivity contribution in [2.45, 2.75) is 63.1 Å². The van der Waals surface area contributed by atoms with Gasteiger partial charge in [-0.15, -0.1) is 13.2 Å². The number of ether oxygens (including phenoxy) is 2. The number of halogens is 3. The molecule has 3 fully saturated rings. The summed E-state index contributed by atoms with van der Waals surface area (Å²) in [7, 11) is 0. The van der Waals surface area contributed by atoms with E-state index in [1.54, 1.807) is 6.20 Å². The van der Waals surface area contributed by atoms with Gasteiger partial charge in [-0.05, 0) is 50.7 Å². The van der Waals surface area contributed by atoms with Crippen molar-refractivity contribution in [3.8, 4) is 5.75 Å². The number of carboxylic acids is 1. The molecule has 3 N–H and O–H groups in total. The van der Waals surface area contributed by atoms with Crippen molar-refractivity contribution in [1.82, 2.24) is 9.97 Å². The fourth-order valence-electron chi connectivity index (χ4n) is 5.36. The van der Waals surface area contributed by atoms with Crippen LogP contribution in [0.2, 0.25) is 0 Å². The molecule has 5 rings (SSSR count). The number of rotatable bonds is 9. The Morgan fingerprint density at radius 1 is 1.08 bits per heavy atom. The van der Waals surface area contributed by atoms with Gasteiger partial charge in [-0.2, -0.15) is 0 Å². The molecule has 202 valence electrons. The number of ketones is 1. The minimum Gasteiger partial charge on any atom is -0.476 e. The Hall–Kier alpha value is -3.67. The first-order valence-electron chi connectivity index (χ1n) is 12.4. The molecule has 2 unspecified atom stereocenters. The van der Waals surface area contributed by atoms with E-state index in [2.05, 4.69) is 19.6 Å². The van der Waals surface area contributed by atoms with Crippen LogP contribution in [0.15, 0.2) is 42.2 Å². The lowest BCUT2D eigenvalue weighted by Crippen LogP contribution is -2.46. The van der Waals surface area contributed by atoms with Gasteiger partial charge in [-0.25, -0.2) is 9.78 Å². The Morgan fingerprint density at radius 2 is 1.76 bits per heavy atom. The van der Waals surface area contributed by atoms with Gasteiger partial charge < -0.3 is 25.2 Å². The number of alkyl halides is 3. The van der Waals surface area contributed by atoms with Gasteiger partial charge in [0.2, 0.25) is 0 Å². The van der Waals surface area contributed by atoms with E-state index in [9.17, 15) is 27.9 Å². The lowest BCUT2D eigenvalue weighted by Gasteiger charge is -2.39. The van der Waals surface area contributed by atoms with Gasteiger partial charge in [0.25, 0.3) is 0 Å². The van der Waals surface area contributed by atoms with E-state index in [1.807, 2.05) is 0 Å². The maximum absolute atomic E-state index is 13.1. The van der Waals surface area contributed by atoms with Crippen molar-refractivity contribution in [2.24, 2.45) is 11.7 Å². The van der Waals surface area contributed by atoms with E-state index < -0.39 is 18.1 Å². The minimum atomic E-state index is -4.91. The Kier molecular flexibility index (Phi) is 6.99.